The lowest BCUT2D eigenvalue weighted by Crippen LogP contribution is -2.26. The van der Waals surface area contributed by atoms with E-state index in [1.54, 1.807) is 31.2 Å². The van der Waals surface area contributed by atoms with Crippen molar-refractivity contribution >= 4 is 5.78 Å². The van der Waals surface area contributed by atoms with Crippen LogP contribution >= 0.6 is 0 Å². The average molecular weight is 276 g/mol. The molecule has 0 aliphatic heterocycles. The molecular weight excluding hydrogens is 262 g/mol. The molecule has 0 aliphatic carbocycles. The van der Waals surface area contributed by atoms with Gasteiger partial charge in [0.25, 0.3) is 0 Å². The number of ether oxygens (including phenoxy) is 1. The first-order valence-corrected chi connectivity index (χ1v) is 6.32. The van der Waals surface area contributed by atoms with Crippen molar-refractivity contribution in [3.8, 4) is 5.75 Å². The van der Waals surface area contributed by atoms with Gasteiger partial charge in [-0.15, -0.1) is 0 Å². The van der Waals surface area contributed by atoms with Crippen molar-refractivity contribution in [2.75, 3.05) is 0 Å². The van der Waals surface area contributed by atoms with Crippen LogP contribution in [-0.4, -0.2) is 11.9 Å². The Bertz CT molecular complexity index is 597. The summed E-state index contributed by atoms with van der Waals surface area (Å²) in [5.41, 5.74) is 0.530. The number of ketones is 1. The highest BCUT2D eigenvalue weighted by Gasteiger charge is 2.20. The monoisotopic (exact) mass is 276 g/mol. The van der Waals surface area contributed by atoms with Crippen LogP contribution in [0.15, 0.2) is 48.5 Å². The third-order valence-electron chi connectivity index (χ3n) is 2.89. The van der Waals surface area contributed by atoms with E-state index in [1.807, 2.05) is 6.07 Å². The Labute approximate surface area is 116 Å². The molecule has 0 saturated heterocycles. The van der Waals surface area contributed by atoms with Crippen LogP contribution in [0.25, 0.3) is 0 Å². The lowest BCUT2D eigenvalue weighted by molar-refractivity contribution is 0.0786. The number of benzene rings is 2. The molecule has 20 heavy (non-hydrogen) atoms. The molecule has 2 nitrogen and oxygen atoms in total. The summed E-state index contributed by atoms with van der Waals surface area (Å²) in [5, 5.41) is 0. The van der Waals surface area contributed by atoms with Gasteiger partial charge < -0.3 is 4.74 Å². The van der Waals surface area contributed by atoms with Crippen LogP contribution in [0.4, 0.5) is 8.78 Å². The summed E-state index contributed by atoms with van der Waals surface area (Å²) in [5.74, 6) is -1.98. The Hall–Kier alpha value is -2.23. The van der Waals surface area contributed by atoms with Crippen molar-refractivity contribution in [3.63, 3.8) is 0 Å². The maximum Gasteiger partial charge on any atom is 0.203 e. The maximum atomic E-state index is 13.1. The minimum atomic E-state index is -0.996. The zero-order valence-electron chi connectivity index (χ0n) is 11.0. The van der Waals surface area contributed by atoms with Crippen LogP contribution in [0.3, 0.4) is 0 Å². The number of rotatable bonds is 5. The van der Waals surface area contributed by atoms with Gasteiger partial charge in [-0.1, -0.05) is 37.3 Å². The van der Waals surface area contributed by atoms with Crippen molar-refractivity contribution in [1.29, 1.82) is 0 Å². The number of Topliss-reactive ketones (excluding diaryl/α,β-unsaturated/α-hetero) is 1. The van der Waals surface area contributed by atoms with Gasteiger partial charge in [0.15, 0.2) is 17.7 Å². The first-order chi connectivity index (χ1) is 9.61. The second kappa shape index (κ2) is 6.28. The highest BCUT2D eigenvalue weighted by Crippen LogP contribution is 2.19. The molecule has 0 saturated carbocycles. The smallest absolute Gasteiger partial charge is 0.203 e. The van der Waals surface area contributed by atoms with Crippen molar-refractivity contribution in [2.24, 2.45) is 0 Å². The molecule has 0 amide bonds. The molecule has 0 aliphatic rings. The van der Waals surface area contributed by atoms with E-state index < -0.39 is 17.7 Å². The van der Waals surface area contributed by atoms with E-state index >= 15 is 0 Å². The van der Waals surface area contributed by atoms with Gasteiger partial charge >= 0.3 is 0 Å². The van der Waals surface area contributed by atoms with Gasteiger partial charge in [0.1, 0.15) is 5.75 Å². The van der Waals surface area contributed by atoms with Crippen LogP contribution in [-0.2, 0) is 0 Å². The normalized spacial score (nSPS) is 11.9. The van der Waals surface area contributed by atoms with E-state index in [9.17, 15) is 13.6 Å². The van der Waals surface area contributed by atoms with E-state index in [0.717, 1.165) is 12.1 Å². The molecule has 0 bridgehead atoms. The Morgan fingerprint density at radius 3 is 2.40 bits per heavy atom. The zero-order valence-corrected chi connectivity index (χ0v) is 11.0. The fraction of sp³-hybridized carbons (Fsp3) is 0.188. The summed E-state index contributed by atoms with van der Waals surface area (Å²) in [6.45, 7) is 1.80. The molecule has 104 valence electrons. The first kappa shape index (κ1) is 14.2. The Morgan fingerprint density at radius 2 is 1.80 bits per heavy atom. The number of hydrogen-bond acceptors (Lipinski definition) is 2. The lowest BCUT2D eigenvalue weighted by atomic mass is 10.0. The Morgan fingerprint density at radius 1 is 1.10 bits per heavy atom. The van der Waals surface area contributed by atoms with E-state index in [0.29, 0.717) is 12.0 Å². The first-order valence-electron chi connectivity index (χ1n) is 6.32. The third kappa shape index (κ3) is 3.20. The van der Waals surface area contributed by atoms with Gasteiger partial charge in [0, 0.05) is 11.6 Å². The number of hydrogen-bond donors (Lipinski definition) is 0. The molecule has 2 rings (SSSR count). The second-order valence-corrected chi connectivity index (χ2v) is 4.32. The quantitative estimate of drug-likeness (QED) is 0.771. The molecule has 0 fully saturated rings. The predicted molar refractivity (Wildman–Crippen MR) is 71.8 cm³/mol. The molecule has 1 unspecified atom stereocenters. The minimum absolute atomic E-state index is 0.139. The number of halogens is 2. The fourth-order valence-corrected chi connectivity index (χ4v) is 1.82. The molecule has 0 heterocycles. The van der Waals surface area contributed by atoms with Crippen LogP contribution in [0.1, 0.15) is 23.7 Å². The second-order valence-electron chi connectivity index (χ2n) is 4.32. The van der Waals surface area contributed by atoms with E-state index in [-0.39, 0.29) is 11.5 Å². The van der Waals surface area contributed by atoms with Crippen LogP contribution in [0.5, 0.6) is 5.75 Å². The topological polar surface area (TPSA) is 26.3 Å². The summed E-state index contributed by atoms with van der Waals surface area (Å²) in [6.07, 6.45) is -0.283. The third-order valence-corrected chi connectivity index (χ3v) is 2.89. The molecular formula is C16H14F2O2. The van der Waals surface area contributed by atoms with Gasteiger partial charge in [-0.25, -0.2) is 8.78 Å². The van der Waals surface area contributed by atoms with Crippen molar-refractivity contribution in [1.82, 2.24) is 0 Å². The molecule has 0 radical (unpaired) electrons. The molecule has 0 spiro atoms. The van der Waals surface area contributed by atoms with Gasteiger partial charge in [-0.05, 0) is 18.6 Å². The van der Waals surface area contributed by atoms with Gasteiger partial charge in [-0.3, -0.25) is 4.79 Å². The van der Waals surface area contributed by atoms with Gasteiger partial charge in [0.2, 0.25) is 5.78 Å². The standard InChI is InChI=1S/C16H14F2O2/c1-2-15(16(19)11-6-4-3-5-7-11)20-12-8-9-13(17)14(18)10-12/h3-10,15H,2H2,1H3. The molecule has 0 aromatic heterocycles. The Balaban J connectivity index is 2.16. The van der Waals surface area contributed by atoms with Gasteiger partial charge in [-0.2, -0.15) is 0 Å². The molecule has 0 N–H and O–H groups in total. The summed E-state index contributed by atoms with van der Waals surface area (Å²) >= 11 is 0. The highest BCUT2D eigenvalue weighted by atomic mass is 19.2. The largest absolute Gasteiger partial charge is 0.482 e. The summed E-state index contributed by atoms with van der Waals surface area (Å²) in [4.78, 5) is 12.2. The van der Waals surface area contributed by atoms with Crippen LogP contribution in [0.2, 0.25) is 0 Å². The van der Waals surface area contributed by atoms with Gasteiger partial charge in [0.05, 0.1) is 0 Å². The summed E-state index contributed by atoms with van der Waals surface area (Å²) in [6, 6.07) is 11.9. The summed E-state index contributed by atoms with van der Waals surface area (Å²) < 4.78 is 31.4. The van der Waals surface area contributed by atoms with Crippen LogP contribution < -0.4 is 4.74 Å². The van der Waals surface area contributed by atoms with Crippen molar-refractivity contribution in [3.05, 3.63) is 65.7 Å². The van der Waals surface area contributed by atoms with Crippen molar-refractivity contribution < 1.29 is 18.3 Å². The maximum absolute atomic E-state index is 13.1. The van der Waals surface area contributed by atoms with E-state index in [4.69, 9.17) is 4.74 Å². The van der Waals surface area contributed by atoms with E-state index in [1.165, 1.54) is 6.07 Å². The zero-order chi connectivity index (χ0) is 14.5. The molecule has 4 heteroatoms. The summed E-state index contributed by atoms with van der Waals surface area (Å²) in [7, 11) is 0. The number of carbonyl (C=O) groups is 1. The average Bonchev–Trinajstić information content (AvgIpc) is 2.48. The fourth-order valence-electron chi connectivity index (χ4n) is 1.82. The van der Waals surface area contributed by atoms with Crippen LogP contribution in [0, 0.1) is 11.6 Å². The SMILES string of the molecule is CCC(Oc1ccc(F)c(F)c1)C(=O)c1ccccc1. The predicted octanol–water partition coefficient (Wildman–Crippen LogP) is 4.01. The Kier molecular flexibility index (Phi) is 4.45. The molecule has 2 aromatic carbocycles. The number of carbonyl (C=O) groups excluding carboxylic acids is 1. The molecule has 1 atom stereocenters. The van der Waals surface area contributed by atoms with Crippen molar-refractivity contribution in [2.45, 2.75) is 19.4 Å². The minimum Gasteiger partial charge on any atom is -0.482 e. The lowest BCUT2D eigenvalue weighted by Gasteiger charge is -2.16. The highest BCUT2D eigenvalue weighted by molar-refractivity contribution is 5.99. The van der Waals surface area contributed by atoms with E-state index in [2.05, 4.69) is 0 Å². The molecule has 2 aromatic rings.